The van der Waals surface area contributed by atoms with E-state index in [-0.39, 0.29) is 0 Å². The summed E-state index contributed by atoms with van der Waals surface area (Å²) in [7, 11) is 0. The van der Waals surface area contributed by atoms with Gasteiger partial charge in [0.2, 0.25) is 0 Å². The zero-order valence-corrected chi connectivity index (χ0v) is 14.0. The van der Waals surface area contributed by atoms with Crippen molar-refractivity contribution in [3.8, 4) is 0 Å². The molecular formula is C18H29NS. The van der Waals surface area contributed by atoms with Gasteiger partial charge in [-0.1, -0.05) is 57.5 Å². The molecule has 1 fully saturated rings. The summed E-state index contributed by atoms with van der Waals surface area (Å²) in [5.74, 6) is 1.93. The Balaban J connectivity index is 1.92. The number of rotatable bonds is 5. The number of thioether (sulfide) groups is 1. The molecule has 1 saturated carbocycles. The van der Waals surface area contributed by atoms with Crippen molar-refractivity contribution in [3.05, 3.63) is 35.9 Å². The Kier molecular flexibility index (Phi) is 5.57. The van der Waals surface area contributed by atoms with Crippen LogP contribution in [0.15, 0.2) is 30.3 Å². The van der Waals surface area contributed by atoms with E-state index in [1.807, 2.05) is 0 Å². The summed E-state index contributed by atoms with van der Waals surface area (Å²) in [5.41, 5.74) is 8.25. The van der Waals surface area contributed by atoms with Gasteiger partial charge < -0.3 is 5.73 Å². The van der Waals surface area contributed by atoms with Crippen LogP contribution >= 0.6 is 11.8 Å². The summed E-state index contributed by atoms with van der Waals surface area (Å²) in [6.07, 6.45) is 5.06. The summed E-state index contributed by atoms with van der Waals surface area (Å²) in [5, 5.41) is 0.625. The van der Waals surface area contributed by atoms with Crippen molar-refractivity contribution in [3.63, 3.8) is 0 Å². The van der Waals surface area contributed by atoms with Crippen molar-refractivity contribution in [2.45, 2.75) is 63.5 Å². The van der Waals surface area contributed by atoms with Gasteiger partial charge in [-0.3, -0.25) is 0 Å². The molecule has 0 radical (unpaired) electrons. The summed E-state index contributed by atoms with van der Waals surface area (Å²) in [4.78, 5) is 0. The van der Waals surface area contributed by atoms with Gasteiger partial charge in [0.1, 0.15) is 0 Å². The van der Waals surface area contributed by atoms with Crippen LogP contribution in [-0.4, -0.2) is 11.3 Å². The van der Waals surface area contributed by atoms with Gasteiger partial charge in [-0.15, -0.1) is 0 Å². The van der Waals surface area contributed by atoms with Gasteiger partial charge in [-0.25, -0.2) is 0 Å². The molecule has 0 bridgehead atoms. The van der Waals surface area contributed by atoms with E-state index in [0.29, 0.717) is 16.7 Å². The van der Waals surface area contributed by atoms with Gasteiger partial charge in [-0.05, 0) is 36.2 Å². The zero-order chi connectivity index (χ0) is 14.6. The molecular weight excluding hydrogens is 262 g/mol. The van der Waals surface area contributed by atoms with E-state index >= 15 is 0 Å². The topological polar surface area (TPSA) is 26.0 Å². The van der Waals surface area contributed by atoms with Crippen molar-refractivity contribution >= 4 is 11.8 Å². The lowest BCUT2D eigenvalue weighted by molar-refractivity contribution is 0.148. The van der Waals surface area contributed by atoms with Gasteiger partial charge >= 0.3 is 0 Å². The van der Waals surface area contributed by atoms with Crippen LogP contribution in [0.4, 0.5) is 0 Å². The van der Waals surface area contributed by atoms with Gasteiger partial charge in [0, 0.05) is 17.0 Å². The SMILES string of the molecule is CCC(C)(C)C1CCC(N)C(SCc2ccccc2)C1. The summed E-state index contributed by atoms with van der Waals surface area (Å²) in [6, 6.07) is 11.1. The third-order valence-corrected chi connectivity index (χ3v) is 6.64. The first-order valence-corrected chi connectivity index (χ1v) is 8.99. The summed E-state index contributed by atoms with van der Waals surface area (Å²) < 4.78 is 0. The van der Waals surface area contributed by atoms with E-state index in [1.165, 1.54) is 31.2 Å². The van der Waals surface area contributed by atoms with Crippen LogP contribution in [0.1, 0.15) is 52.0 Å². The molecule has 3 atom stereocenters. The Hall–Kier alpha value is -0.470. The lowest BCUT2D eigenvalue weighted by atomic mass is 9.69. The molecule has 0 aliphatic heterocycles. The third kappa shape index (κ3) is 4.02. The van der Waals surface area contributed by atoms with Crippen LogP contribution in [0.3, 0.4) is 0 Å². The molecule has 1 aromatic carbocycles. The van der Waals surface area contributed by atoms with Crippen molar-refractivity contribution < 1.29 is 0 Å². The van der Waals surface area contributed by atoms with E-state index in [1.54, 1.807) is 0 Å². The molecule has 2 heteroatoms. The van der Waals surface area contributed by atoms with Crippen molar-refractivity contribution in [1.29, 1.82) is 0 Å². The van der Waals surface area contributed by atoms with Gasteiger partial charge in [0.05, 0.1) is 0 Å². The van der Waals surface area contributed by atoms with Crippen LogP contribution in [0, 0.1) is 11.3 Å². The van der Waals surface area contributed by atoms with Crippen LogP contribution in [0.25, 0.3) is 0 Å². The molecule has 1 aliphatic carbocycles. The van der Waals surface area contributed by atoms with Gasteiger partial charge in [0.25, 0.3) is 0 Å². The molecule has 0 spiro atoms. The molecule has 3 unspecified atom stereocenters. The fourth-order valence-electron chi connectivity index (χ4n) is 3.12. The second-order valence-electron chi connectivity index (χ2n) is 6.85. The fourth-order valence-corrected chi connectivity index (χ4v) is 4.47. The first-order chi connectivity index (χ1) is 9.53. The highest BCUT2D eigenvalue weighted by molar-refractivity contribution is 7.99. The lowest BCUT2D eigenvalue weighted by Gasteiger charge is -2.42. The second kappa shape index (κ2) is 7.00. The van der Waals surface area contributed by atoms with Crippen LogP contribution in [-0.2, 0) is 5.75 Å². The minimum Gasteiger partial charge on any atom is -0.327 e. The number of hydrogen-bond acceptors (Lipinski definition) is 2. The number of nitrogens with two attached hydrogens (primary N) is 1. The van der Waals surface area contributed by atoms with Gasteiger partial charge in [0.15, 0.2) is 0 Å². The molecule has 1 nitrogen and oxygen atoms in total. The van der Waals surface area contributed by atoms with Crippen LogP contribution < -0.4 is 5.73 Å². The van der Waals surface area contributed by atoms with Crippen LogP contribution in [0.5, 0.6) is 0 Å². The maximum absolute atomic E-state index is 6.37. The molecule has 20 heavy (non-hydrogen) atoms. The smallest absolute Gasteiger partial charge is 0.0205 e. The Morgan fingerprint density at radius 2 is 1.90 bits per heavy atom. The Labute approximate surface area is 128 Å². The Morgan fingerprint density at radius 1 is 1.20 bits per heavy atom. The van der Waals surface area contributed by atoms with Crippen LogP contribution in [0.2, 0.25) is 0 Å². The van der Waals surface area contributed by atoms with E-state index in [4.69, 9.17) is 5.73 Å². The van der Waals surface area contributed by atoms with E-state index in [9.17, 15) is 0 Å². The quantitative estimate of drug-likeness (QED) is 0.839. The maximum Gasteiger partial charge on any atom is 0.0205 e. The standard InChI is InChI=1S/C18H29NS/c1-4-18(2,3)15-10-11-16(19)17(12-15)20-13-14-8-6-5-7-9-14/h5-9,15-17H,4,10-13,19H2,1-3H3. The third-order valence-electron chi connectivity index (χ3n) is 5.17. The maximum atomic E-state index is 6.37. The summed E-state index contributed by atoms with van der Waals surface area (Å²) >= 11 is 2.06. The normalized spacial score (nSPS) is 27.5. The van der Waals surface area contributed by atoms with Crippen molar-refractivity contribution in [2.24, 2.45) is 17.1 Å². The molecule has 0 saturated heterocycles. The molecule has 112 valence electrons. The molecule has 1 aromatic rings. The first kappa shape index (κ1) is 15.9. The number of benzene rings is 1. The van der Waals surface area contributed by atoms with E-state index < -0.39 is 0 Å². The van der Waals surface area contributed by atoms with E-state index in [0.717, 1.165) is 11.7 Å². The highest BCUT2D eigenvalue weighted by Gasteiger charge is 2.35. The largest absolute Gasteiger partial charge is 0.327 e. The van der Waals surface area contributed by atoms with Gasteiger partial charge in [-0.2, -0.15) is 11.8 Å². The molecule has 0 heterocycles. The molecule has 0 amide bonds. The minimum atomic E-state index is 0.382. The zero-order valence-electron chi connectivity index (χ0n) is 13.1. The average molecular weight is 292 g/mol. The Morgan fingerprint density at radius 3 is 2.55 bits per heavy atom. The Bertz CT molecular complexity index is 401. The highest BCUT2D eigenvalue weighted by atomic mass is 32.2. The van der Waals surface area contributed by atoms with Crippen molar-refractivity contribution in [1.82, 2.24) is 0 Å². The highest BCUT2D eigenvalue weighted by Crippen LogP contribution is 2.43. The predicted octanol–water partition coefficient (Wildman–Crippen LogP) is 4.85. The average Bonchev–Trinajstić information content (AvgIpc) is 2.47. The monoisotopic (exact) mass is 291 g/mol. The fraction of sp³-hybridized carbons (Fsp3) is 0.667. The minimum absolute atomic E-state index is 0.382. The van der Waals surface area contributed by atoms with E-state index in [2.05, 4.69) is 62.9 Å². The molecule has 1 aliphatic rings. The molecule has 2 N–H and O–H groups in total. The molecule has 2 rings (SSSR count). The molecule has 0 aromatic heterocycles. The number of hydrogen-bond donors (Lipinski definition) is 1. The lowest BCUT2D eigenvalue weighted by Crippen LogP contribution is -2.42. The second-order valence-corrected chi connectivity index (χ2v) is 8.08. The summed E-state index contributed by atoms with van der Waals surface area (Å²) in [6.45, 7) is 7.17. The first-order valence-electron chi connectivity index (χ1n) is 7.94. The predicted molar refractivity (Wildman–Crippen MR) is 90.9 cm³/mol. The van der Waals surface area contributed by atoms with Crippen molar-refractivity contribution in [2.75, 3.05) is 0 Å².